The molecule has 2 rings (SSSR count). The zero-order valence-electron chi connectivity index (χ0n) is 9.91. The number of carbonyl (C=O) groups is 1. The molecule has 0 aliphatic carbocycles. The lowest BCUT2D eigenvalue weighted by molar-refractivity contribution is 0.0743. The number of halogens is 2. The van der Waals surface area contributed by atoms with E-state index in [4.69, 9.17) is 0 Å². The summed E-state index contributed by atoms with van der Waals surface area (Å²) in [5.74, 6) is 0.0539. The Hall–Kier alpha value is -0.900. The molecule has 4 heteroatoms. The van der Waals surface area contributed by atoms with E-state index in [0.29, 0.717) is 16.0 Å². The van der Waals surface area contributed by atoms with Crippen LogP contribution < -0.4 is 0 Å². The second-order valence-electron chi connectivity index (χ2n) is 4.78. The lowest BCUT2D eigenvalue weighted by Crippen LogP contribution is -2.34. The van der Waals surface area contributed by atoms with Crippen LogP contribution in [0.25, 0.3) is 0 Å². The molecule has 0 N–H and O–H groups in total. The highest BCUT2D eigenvalue weighted by atomic mass is 79.9. The average Bonchev–Trinajstić information content (AvgIpc) is 2.61. The minimum absolute atomic E-state index is 0.0757. The van der Waals surface area contributed by atoms with Gasteiger partial charge in [-0.25, -0.2) is 4.39 Å². The summed E-state index contributed by atoms with van der Waals surface area (Å²) in [6, 6.07) is 4.77. The van der Waals surface area contributed by atoms with Crippen molar-refractivity contribution in [3.63, 3.8) is 0 Å². The number of benzene rings is 1. The second-order valence-corrected chi connectivity index (χ2v) is 5.63. The molecule has 1 amide bonds. The van der Waals surface area contributed by atoms with Crippen molar-refractivity contribution in [2.24, 2.45) is 5.92 Å². The maximum Gasteiger partial charge on any atom is 0.254 e. The molecule has 2 unspecified atom stereocenters. The van der Waals surface area contributed by atoms with Gasteiger partial charge in [-0.1, -0.05) is 6.92 Å². The molecule has 1 aliphatic rings. The van der Waals surface area contributed by atoms with Gasteiger partial charge >= 0.3 is 0 Å². The summed E-state index contributed by atoms with van der Waals surface area (Å²) in [4.78, 5) is 14.0. The summed E-state index contributed by atoms with van der Waals surface area (Å²) in [6.45, 7) is 4.93. The molecule has 0 spiro atoms. The Kier molecular flexibility index (Phi) is 3.52. The third-order valence-corrected chi connectivity index (χ3v) is 3.85. The molecule has 1 aliphatic heterocycles. The molecule has 1 fully saturated rings. The van der Waals surface area contributed by atoms with Crippen molar-refractivity contribution in [2.75, 3.05) is 6.54 Å². The molecule has 92 valence electrons. The SMILES string of the molecule is CC1CC(C)N(C(=O)c2ccc(Br)c(F)c2)C1. The molecular weight excluding hydrogens is 285 g/mol. The zero-order chi connectivity index (χ0) is 12.6. The number of amides is 1. The van der Waals surface area contributed by atoms with E-state index in [2.05, 4.69) is 22.9 Å². The Morgan fingerprint density at radius 3 is 2.71 bits per heavy atom. The van der Waals surface area contributed by atoms with Crippen molar-refractivity contribution in [1.82, 2.24) is 4.90 Å². The Balaban J connectivity index is 2.22. The quantitative estimate of drug-likeness (QED) is 0.778. The lowest BCUT2D eigenvalue weighted by Gasteiger charge is -2.21. The Morgan fingerprint density at radius 1 is 1.47 bits per heavy atom. The fourth-order valence-electron chi connectivity index (χ4n) is 2.38. The number of nitrogens with zero attached hydrogens (tertiary/aromatic N) is 1. The van der Waals surface area contributed by atoms with Gasteiger partial charge in [0.1, 0.15) is 5.82 Å². The van der Waals surface area contributed by atoms with E-state index >= 15 is 0 Å². The summed E-state index contributed by atoms with van der Waals surface area (Å²) >= 11 is 3.08. The maximum atomic E-state index is 13.4. The number of hydrogen-bond donors (Lipinski definition) is 0. The van der Waals surface area contributed by atoms with Gasteiger partial charge in [0.05, 0.1) is 4.47 Å². The summed E-state index contributed by atoms with van der Waals surface area (Å²) in [5, 5.41) is 0. The molecule has 0 aromatic heterocycles. The van der Waals surface area contributed by atoms with Crippen LogP contribution in [0.15, 0.2) is 22.7 Å². The summed E-state index contributed by atoms with van der Waals surface area (Å²) in [6.07, 6.45) is 1.02. The molecule has 0 bridgehead atoms. The van der Waals surface area contributed by atoms with Gasteiger partial charge < -0.3 is 4.90 Å². The number of carbonyl (C=O) groups excluding carboxylic acids is 1. The van der Waals surface area contributed by atoms with Crippen LogP contribution in [0.2, 0.25) is 0 Å². The van der Waals surface area contributed by atoms with Gasteiger partial charge in [0.25, 0.3) is 5.91 Å². The highest BCUT2D eigenvalue weighted by Crippen LogP contribution is 2.25. The molecule has 1 aromatic carbocycles. The monoisotopic (exact) mass is 299 g/mol. The molecular formula is C13H15BrFNO. The van der Waals surface area contributed by atoms with E-state index in [1.54, 1.807) is 12.1 Å². The first-order chi connectivity index (χ1) is 7.99. The van der Waals surface area contributed by atoms with Crippen LogP contribution in [0.3, 0.4) is 0 Å². The fraction of sp³-hybridized carbons (Fsp3) is 0.462. The van der Waals surface area contributed by atoms with Crippen molar-refractivity contribution in [2.45, 2.75) is 26.3 Å². The zero-order valence-corrected chi connectivity index (χ0v) is 11.5. The van der Waals surface area contributed by atoms with Gasteiger partial charge in [-0.2, -0.15) is 0 Å². The molecule has 17 heavy (non-hydrogen) atoms. The number of rotatable bonds is 1. The highest BCUT2D eigenvalue weighted by Gasteiger charge is 2.30. The molecule has 1 aromatic rings. The van der Waals surface area contributed by atoms with E-state index in [9.17, 15) is 9.18 Å². The summed E-state index contributed by atoms with van der Waals surface area (Å²) < 4.78 is 13.8. The third-order valence-electron chi connectivity index (χ3n) is 3.21. The Morgan fingerprint density at radius 2 is 2.18 bits per heavy atom. The standard InChI is InChI=1S/C13H15BrFNO/c1-8-5-9(2)16(7-8)13(17)10-3-4-11(14)12(15)6-10/h3-4,6,8-9H,5,7H2,1-2H3. The topological polar surface area (TPSA) is 20.3 Å². The smallest absolute Gasteiger partial charge is 0.254 e. The van der Waals surface area contributed by atoms with Crippen LogP contribution in [0.4, 0.5) is 4.39 Å². The van der Waals surface area contributed by atoms with E-state index in [1.807, 2.05) is 11.8 Å². The van der Waals surface area contributed by atoms with E-state index < -0.39 is 5.82 Å². The predicted octanol–water partition coefficient (Wildman–Crippen LogP) is 3.46. The molecule has 2 nitrogen and oxygen atoms in total. The maximum absolute atomic E-state index is 13.4. The highest BCUT2D eigenvalue weighted by molar-refractivity contribution is 9.10. The summed E-state index contributed by atoms with van der Waals surface area (Å²) in [7, 11) is 0. The van der Waals surface area contributed by atoms with Crippen LogP contribution in [0.1, 0.15) is 30.6 Å². The van der Waals surface area contributed by atoms with Crippen LogP contribution in [-0.4, -0.2) is 23.4 Å². The average molecular weight is 300 g/mol. The molecule has 2 atom stereocenters. The number of hydrogen-bond acceptors (Lipinski definition) is 1. The molecule has 0 radical (unpaired) electrons. The van der Waals surface area contributed by atoms with Crippen molar-refractivity contribution < 1.29 is 9.18 Å². The third kappa shape index (κ3) is 2.51. The van der Waals surface area contributed by atoms with Crippen LogP contribution in [0.5, 0.6) is 0 Å². The first-order valence-corrected chi connectivity index (χ1v) is 6.54. The Labute approximate surface area is 109 Å². The van der Waals surface area contributed by atoms with Crippen LogP contribution in [0, 0.1) is 11.7 Å². The van der Waals surface area contributed by atoms with Crippen molar-refractivity contribution in [3.05, 3.63) is 34.1 Å². The van der Waals surface area contributed by atoms with Gasteiger partial charge in [0.15, 0.2) is 0 Å². The Bertz CT molecular complexity index is 449. The minimum Gasteiger partial charge on any atom is -0.336 e. The van der Waals surface area contributed by atoms with Crippen molar-refractivity contribution >= 4 is 21.8 Å². The van der Waals surface area contributed by atoms with Crippen molar-refractivity contribution in [1.29, 1.82) is 0 Å². The minimum atomic E-state index is -0.393. The normalized spacial score (nSPS) is 24.1. The van der Waals surface area contributed by atoms with Crippen LogP contribution in [-0.2, 0) is 0 Å². The second kappa shape index (κ2) is 4.77. The van der Waals surface area contributed by atoms with Gasteiger partial charge in [-0.05, 0) is 53.4 Å². The molecule has 0 saturated carbocycles. The van der Waals surface area contributed by atoms with Gasteiger partial charge in [0, 0.05) is 18.2 Å². The van der Waals surface area contributed by atoms with E-state index in [-0.39, 0.29) is 11.9 Å². The lowest BCUT2D eigenvalue weighted by atomic mass is 10.1. The van der Waals surface area contributed by atoms with E-state index in [1.165, 1.54) is 6.07 Å². The molecule has 1 saturated heterocycles. The number of likely N-dealkylation sites (tertiary alicyclic amines) is 1. The first-order valence-electron chi connectivity index (χ1n) is 5.75. The van der Waals surface area contributed by atoms with Gasteiger partial charge in [-0.15, -0.1) is 0 Å². The predicted molar refractivity (Wildman–Crippen MR) is 68.4 cm³/mol. The summed E-state index contributed by atoms with van der Waals surface area (Å²) in [5.41, 5.74) is 0.423. The largest absolute Gasteiger partial charge is 0.336 e. The fourth-order valence-corrected chi connectivity index (χ4v) is 2.62. The molecule has 1 heterocycles. The first kappa shape index (κ1) is 12.6. The van der Waals surface area contributed by atoms with E-state index in [0.717, 1.165) is 13.0 Å². The van der Waals surface area contributed by atoms with Gasteiger partial charge in [0.2, 0.25) is 0 Å². The van der Waals surface area contributed by atoms with Gasteiger partial charge in [-0.3, -0.25) is 4.79 Å². The van der Waals surface area contributed by atoms with Crippen molar-refractivity contribution in [3.8, 4) is 0 Å². The van der Waals surface area contributed by atoms with Crippen LogP contribution >= 0.6 is 15.9 Å².